The number of rotatable bonds is 8. The molecule has 6 heteroatoms. The van der Waals surface area contributed by atoms with Gasteiger partial charge in [0, 0.05) is 6.54 Å². The van der Waals surface area contributed by atoms with Crippen molar-refractivity contribution in [1.82, 2.24) is 4.90 Å². The lowest BCUT2D eigenvalue weighted by molar-refractivity contribution is -0.402. The van der Waals surface area contributed by atoms with Gasteiger partial charge in [0.1, 0.15) is 10.7 Å². The van der Waals surface area contributed by atoms with Gasteiger partial charge in [-0.1, -0.05) is 20.8 Å². The third kappa shape index (κ3) is 5.00. The molecule has 2 N–H and O–H groups in total. The second-order valence-electron chi connectivity index (χ2n) is 5.58. The first-order valence-corrected chi connectivity index (χ1v) is 6.53. The first-order chi connectivity index (χ1) is 8.88. The number of nitrogens with zero attached hydrogens (tertiary/aromatic N) is 2. The molecule has 6 nitrogen and oxygen atoms in total. The molecule has 0 saturated heterocycles. The van der Waals surface area contributed by atoms with E-state index in [2.05, 4.69) is 25.7 Å². The molecule has 1 aromatic heterocycles. The summed E-state index contributed by atoms with van der Waals surface area (Å²) in [5.41, 5.74) is 5.77. The minimum Gasteiger partial charge on any atom is -0.404 e. The van der Waals surface area contributed by atoms with Gasteiger partial charge in [-0.25, -0.2) is 0 Å². The minimum absolute atomic E-state index is 0.0215. The smallest absolute Gasteiger partial charge is 0.404 e. The topological polar surface area (TPSA) is 85.5 Å². The molecule has 0 unspecified atom stereocenters. The van der Waals surface area contributed by atoms with Crippen molar-refractivity contribution in [2.75, 3.05) is 19.6 Å². The van der Waals surface area contributed by atoms with Gasteiger partial charge in [0.15, 0.2) is 0 Å². The van der Waals surface area contributed by atoms with Crippen molar-refractivity contribution in [2.45, 2.75) is 33.7 Å². The van der Waals surface area contributed by atoms with Crippen molar-refractivity contribution >= 4 is 5.88 Å². The normalized spacial score (nSPS) is 12.1. The standard InChI is InChI=1S/C13H23N3O3/c1-4-7-15(10-13(2,3)9-14)8-11-5-6-12(19-11)16(17)18/h5-6H,4,7-10,14H2,1-3H3. The summed E-state index contributed by atoms with van der Waals surface area (Å²) < 4.78 is 5.20. The Morgan fingerprint density at radius 2 is 2.16 bits per heavy atom. The summed E-state index contributed by atoms with van der Waals surface area (Å²) in [7, 11) is 0. The van der Waals surface area contributed by atoms with Crippen LogP contribution < -0.4 is 5.73 Å². The van der Waals surface area contributed by atoms with E-state index in [9.17, 15) is 10.1 Å². The Morgan fingerprint density at radius 3 is 2.63 bits per heavy atom. The molecule has 0 aliphatic heterocycles. The van der Waals surface area contributed by atoms with Crippen LogP contribution in [0, 0.1) is 15.5 Å². The molecule has 0 fully saturated rings. The van der Waals surface area contributed by atoms with Crippen molar-refractivity contribution in [2.24, 2.45) is 11.1 Å². The van der Waals surface area contributed by atoms with Gasteiger partial charge < -0.3 is 10.2 Å². The number of nitrogens with two attached hydrogens (primary N) is 1. The Hall–Kier alpha value is -1.40. The zero-order valence-corrected chi connectivity index (χ0v) is 11.9. The molecule has 1 rings (SSSR count). The van der Waals surface area contributed by atoms with E-state index >= 15 is 0 Å². The van der Waals surface area contributed by atoms with Gasteiger partial charge in [-0.3, -0.25) is 15.0 Å². The number of nitro groups is 1. The first-order valence-electron chi connectivity index (χ1n) is 6.53. The van der Waals surface area contributed by atoms with Gasteiger partial charge in [0.25, 0.3) is 0 Å². The maximum absolute atomic E-state index is 10.6. The molecular weight excluding hydrogens is 246 g/mol. The van der Waals surface area contributed by atoms with Gasteiger partial charge in [0.05, 0.1) is 12.6 Å². The largest absolute Gasteiger partial charge is 0.433 e. The molecule has 108 valence electrons. The zero-order valence-electron chi connectivity index (χ0n) is 11.9. The zero-order chi connectivity index (χ0) is 14.5. The van der Waals surface area contributed by atoms with Crippen LogP contribution in [0.15, 0.2) is 16.5 Å². The molecule has 0 aliphatic rings. The summed E-state index contributed by atoms with van der Waals surface area (Å²) in [6.07, 6.45) is 1.02. The number of hydrogen-bond donors (Lipinski definition) is 1. The van der Waals surface area contributed by atoms with E-state index in [1.165, 1.54) is 6.07 Å². The lowest BCUT2D eigenvalue weighted by atomic mass is 9.93. The van der Waals surface area contributed by atoms with Crippen molar-refractivity contribution < 1.29 is 9.34 Å². The maximum atomic E-state index is 10.6. The lowest BCUT2D eigenvalue weighted by Crippen LogP contribution is -2.38. The van der Waals surface area contributed by atoms with Crippen molar-refractivity contribution in [3.05, 3.63) is 28.0 Å². The molecule has 0 saturated carbocycles. The van der Waals surface area contributed by atoms with E-state index in [0.29, 0.717) is 18.8 Å². The molecule has 19 heavy (non-hydrogen) atoms. The van der Waals surface area contributed by atoms with Gasteiger partial charge in [0.2, 0.25) is 0 Å². The summed E-state index contributed by atoms with van der Waals surface area (Å²) in [6, 6.07) is 3.06. The Balaban J connectivity index is 2.69. The van der Waals surface area contributed by atoms with E-state index in [-0.39, 0.29) is 11.3 Å². The van der Waals surface area contributed by atoms with Gasteiger partial charge >= 0.3 is 5.88 Å². The highest BCUT2D eigenvalue weighted by Crippen LogP contribution is 2.20. The quantitative estimate of drug-likeness (QED) is 0.578. The van der Waals surface area contributed by atoms with Crippen molar-refractivity contribution in [3.63, 3.8) is 0 Å². The van der Waals surface area contributed by atoms with Crippen molar-refractivity contribution in [1.29, 1.82) is 0 Å². The van der Waals surface area contributed by atoms with Gasteiger partial charge in [-0.15, -0.1) is 0 Å². The fourth-order valence-electron chi connectivity index (χ4n) is 1.97. The molecule has 0 spiro atoms. The van der Waals surface area contributed by atoms with Crippen LogP contribution in [0.1, 0.15) is 33.0 Å². The Labute approximate surface area is 113 Å². The Bertz CT molecular complexity index is 415. The van der Waals surface area contributed by atoms with Crippen LogP contribution in [0.3, 0.4) is 0 Å². The summed E-state index contributed by atoms with van der Waals surface area (Å²) in [4.78, 5) is 12.3. The van der Waals surface area contributed by atoms with E-state index in [4.69, 9.17) is 10.2 Å². The van der Waals surface area contributed by atoms with Crippen LogP contribution in [0.5, 0.6) is 0 Å². The third-order valence-corrected chi connectivity index (χ3v) is 2.95. The van der Waals surface area contributed by atoms with Crippen LogP contribution in [0.2, 0.25) is 0 Å². The molecule has 0 aromatic carbocycles. The monoisotopic (exact) mass is 269 g/mol. The number of furan rings is 1. The molecule has 0 bridgehead atoms. The Kier molecular flexibility index (Phi) is 5.50. The molecular formula is C13H23N3O3. The van der Waals surface area contributed by atoms with E-state index < -0.39 is 4.92 Å². The molecule has 1 heterocycles. The summed E-state index contributed by atoms with van der Waals surface area (Å²) in [5.74, 6) is 0.414. The lowest BCUT2D eigenvalue weighted by Gasteiger charge is -2.31. The van der Waals surface area contributed by atoms with E-state index in [0.717, 1.165) is 19.5 Å². The highest BCUT2D eigenvalue weighted by molar-refractivity contribution is 5.17. The minimum atomic E-state index is -0.516. The second kappa shape index (κ2) is 6.68. The molecule has 1 aromatic rings. The van der Waals surface area contributed by atoms with Crippen LogP contribution >= 0.6 is 0 Å². The number of hydrogen-bond acceptors (Lipinski definition) is 5. The van der Waals surface area contributed by atoms with Crippen LogP contribution in [0.25, 0.3) is 0 Å². The van der Waals surface area contributed by atoms with E-state index in [1.54, 1.807) is 6.07 Å². The van der Waals surface area contributed by atoms with Crippen LogP contribution in [-0.4, -0.2) is 29.5 Å². The molecule has 0 aliphatic carbocycles. The average Bonchev–Trinajstić information content (AvgIpc) is 2.77. The Morgan fingerprint density at radius 1 is 1.47 bits per heavy atom. The SMILES string of the molecule is CCCN(Cc1ccc([N+](=O)[O-])o1)CC(C)(C)CN. The van der Waals surface area contributed by atoms with Gasteiger partial charge in [-0.2, -0.15) is 0 Å². The highest BCUT2D eigenvalue weighted by atomic mass is 16.6. The summed E-state index contributed by atoms with van der Waals surface area (Å²) in [5, 5.41) is 10.6. The van der Waals surface area contributed by atoms with E-state index in [1.807, 2.05) is 0 Å². The fourth-order valence-corrected chi connectivity index (χ4v) is 1.97. The van der Waals surface area contributed by atoms with Crippen molar-refractivity contribution in [3.8, 4) is 0 Å². The van der Waals surface area contributed by atoms with Crippen LogP contribution in [0.4, 0.5) is 5.88 Å². The second-order valence-corrected chi connectivity index (χ2v) is 5.58. The van der Waals surface area contributed by atoms with Crippen LogP contribution in [-0.2, 0) is 6.54 Å². The molecule has 0 atom stereocenters. The maximum Gasteiger partial charge on any atom is 0.433 e. The third-order valence-electron chi connectivity index (χ3n) is 2.95. The predicted molar refractivity (Wildman–Crippen MR) is 73.8 cm³/mol. The molecule has 0 radical (unpaired) electrons. The average molecular weight is 269 g/mol. The first kappa shape index (κ1) is 15.7. The van der Waals surface area contributed by atoms with Gasteiger partial charge in [-0.05, 0) is 31.0 Å². The summed E-state index contributed by atoms with van der Waals surface area (Å²) in [6.45, 7) is 9.26. The summed E-state index contributed by atoms with van der Waals surface area (Å²) >= 11 is 0. The highest BCUT2D eigenvalue weighted by Gasteiger charge is 2.21. The molecule has 0 amide bonds. The predicted octanol–water partition coefficient (Wildman–Crippen LogP) is 2.38. The fraction of sp³-hybridized carbons (Fsp3) is 0.692.